The Balaban J connectivity index is 2.11. The predicted molar refractivity (Wildman–Crippen MR) is 102 cm³/mol. The van der Waals surface area contributed by atoms with E-state index in [1.54, 1.807) is 29.7 Å². The summed E-state index contributed by atoms with van der Waals surface area (Å²) in [6, 6.07) is 14.6. The van der Waals surface area contributed by atoms with Crippen LogP contribution < -0.4 is 5.73 Å². The van der Waals surface area contributed by atoms with E-state index in [9.17, 15) is 4.79 Å². The summed E-state index contributed by atoms with van der Waals surface area (Å²) < 4.78 is 6.85. The molecule has 0 saturated heterocycles. The van der Waals surface area contributed by atoms with E-state index in [1.165, 1.54) is 0 Å². The molecule has 7 heteroatoms. The molecule has 130 valence electrons. The second-order valence-corrected chi connectivity index (χ2v) is 6.12. The van der Waals surface area contributed by atoms with Crippen molar-refractivity contribution in [3.8, 4) is 5.69 Å². The first-order valence-corrected chi connectivity index (χ1v) is 8.47. The van der Waals surface area contributed by atoms with E-state index in [4.69, 9.17) is 22.1 Å². The van der Waals surface area contributed by atoms with Gasteiger partial charge in [0, 0.05) is 5.02 Å². The van der Waals surface area contributed by atoms with Crippen LogP contribution in [0.2, 0.25) is 5.02 Å². The van der Waals surface area contributed by atoms with Crippen LogP contribution in [0.4, 0.5) is 5.82 Å². The summed E-state index contributed by atoms with van der Waals surface area (Å²) in [7, 11) is 0. The molecule has 2 aromatic carbocycles. The van der Waals surface area contributed by atoms with Gasteiger partial charge in [-0.3, -0.25) is 4.57 Å². The van der Waals surface area contributed by atoms with Crippen molar-refractivity contribution in [2.24, 2.45) is 0 Å². The van der Waals surface area contributed by atoms with E-state index in [0.29, 0.717) is 32.9 Å². The van der Waals surface area contributed by atoms with Crippen LogP contribution in [0, 0.1) is 0 Å². The molecule has 0 aliphatic carbocycles. The number of halogens is 1. The van der Waals surface area contributed by atoms with Gasteiger partial charge < -0.3 is 10.5 Å². The Morgan fingerprint density at radius 1 is 1.15 bits per heavy atom. The van der Waals surface area contributed by atoms with Crippen molar-refractivity contribution in [2.75, 3.05) is 12.3 Å². The summed E-state index contributed by atoms with van der Waals surface area (Å²) in [5.41, 5.74) is 9.49. The van der Waals surface area contributed by atoms with Crippen molar-refractivity contribution < 1.29 is 9.53 Å². The molecular weight excluding hydrogens is 352 g/mol. The second kappa shape index (κ2) is 6.31. The van der Waals surface area contributed by atoms with Gasteiger partial charge in [0.05, 0.1) is 23.3 Å². The van der Waals surface area contributed by atoms with Crippen LogP contribution in [0.5, 0.6) is 0 Å². The molecule has 0 radical (unpaired) electrons. The van der Waals surface area contributed by atoms with Crippen LogP contribution in [-0.4, -0.2) is 27.1 Å². The topological polar surface area (TPSA) is 83.0 Å². The van der Waals surface area contributed by atoms with Crippen molar-refractivity contribution in [1.82, 2.24) is 14.5 Å². The summed E-state index contributed by atoms with van der Waals surface area (Å²) in [5, 5.41) is 0.551. The summed E-state index contributed by atoms with van der Waals surface area (Å²) >= 11 is 6.13. The molecule has 2 aromatic heterocycles. The number of nitrogens with zero attached hydrogens (tertiary/aromatic N) is 3. The van der Waals surface area contributed by atoms with Crippen LogP contribution in [-0.2, 0) is 4.74 Å². The van der Waals surface area contributed by atoms with Crippen molar-refractivity contribution >= 4 is 45.6 Å². The van der Waals surface area contributed by atoms with Gasteiger partial charge in [-0.25, -0.2) is 14.8 Å². The molecule has 0 atom stereocenters. The van der Waals surface area contributed by atoms with Crippen molar-refractivity contribution in [3.63, 3.8) is 0 Å². The van der Waals surface area contributed by atoms with Crippen LogP contribution >= 0.6 is 11.6 Å². The molecule has 0 unspecified atom stereocenters. The third kappa shape index (κ3) is 2.55. The lowest BCUT2D eigenvalue weighted by atomic mass is 10.2. The van der Waals surface area contributed by atoms with Crippen LogP contribution in [0.25, 0.3) is 27.9 Å². The summed E-state index contributed by atoms with van der Waals surface area (Å²) in [4.78, 5) is 21.8. The first-order valence-electron chi connectivity index (χ1n) is 8.10. The number of anilines is 1. The molecule has 0 amide bonds. The number of fused-ring (bicyclic) bond motifs is 2. The molecule has 26 heavy (non-hydrogen) atoms. The fraction of sp³-hybridized carbons (Fsp3) is 0.105. The first-order chi connectivity index (χ1) is 12.6. The van der Waals surface area contributed by atoms with Gasteiger partial charge in [0.1, 0.15) is 16.9 Å². The molecule has 0 spiro atoms. The monoisotopic (exact) mass is 366 g/mol. The van der Waals surface area contributed by atoms with Gasteiger partial charge in [0.2, 0.25) is 0 Å². The molecule has 0 bridgehead atoms. The Hall–Kier alpha value is -3.12. The normalized spacial score (nSPS) is 11.2. The minimum atomic E-state index is -0.527. The molecule has 2 heterocycles. The highest BCUT2D eigenvalue weighted by molar-refractivity contribution is 6.30. The fourth-order valence-electron chi connectivity index (χ4n) is 2.94. The summed E-state index contributed by atoms with van der Waals surface area (Å²) in [5.74, 6) is -0.309. The van der Waals surface area contributed by atoms with E-state index in [0.717, 1.165) is 0 Å². The lowest BCUT2D eigenvalue weighted by Gasteiger charge is -2.08. The van der Waals surface area contributed by atoms with Crippen LogP contribution in [0.3, 0.4) is 0 Å². The number of ether oxygens (including phenoxy) is 1. The molecule has 2 N–H and O–H groups in total. The zero-order chi connectivity index (χ0) is 18.3. The number of benzene rings is 2. The van der Waals surface area contributed by atoms with E-state index >= 15 is 0 Å². The number of para-hydroxylation sites is 2. The van der Waals surface area contributed by atoms with Gasteiger partial charge in [0.25, 0.3) is 0 Å². The number of hydrogen-bond donors (Lipinski definition) is 1. The molecule has 6 nitrogen and oxygen atoms in total. The maximum Gasteiger partial charge on any atom is 0.344 e. The van der Waals surface area contributed by atoms with Crippen LogP contribution in [0.1, 0.15) is 17.3 Å². The molecule has 0 aliphatic rings. The number of hydrogen-bond acceptors (Lipinski definition) is 5. The van der Waals surface area contributed by atoms with Crippen LogP contribution in [0.15, 0.2) is 48.5 Å². The van der Waals surface area contributed by atoms with E-state index in [2.05, 4.69) is 9.97 Å². The maximum atomic E-state index is 12.5. The number of carbonyl (C=O) groups is 1. The Morgan fingerprint density at radius 2 is 1.88 bits per heavy atom. The highest BCUT2D eigenvalue weighted by Gasteiger charge is 2.25. The number of nitrogens with two attached hydrogens (primary N) is 1. The van der Waals surface area contributed by atoms with Crippen molar-refractivity contribution in [2.45, 2.75) is 6.92 Å². The van der Waals surface area contributed by atoms with Gasteiger partial charge in [-0.15, -0.1) is 0 Å². The SMILES string of the molecule is CCOC(=O)c1c(N)n(-c2cccc(Cl)c2)c2nc3ccccc3nc12. The maximum absolute atomic E-state index is 12.5. The quantitative estimate of drug-likeness (QED) is 0.554. The standard InChI is InChI=1S/C19H15ClN4O2/c1-2-26-19(25)15-16-18(23-14-9-4-3-8-13(14)22-16)24(17(15)21)12-7-5-6-11(20)10-12/h3-10H,2,21H2,1H3. The largest absolute Gasteiger partial charge is 0.462 e. The average Bonchev–Trinajstić information content (AvgIpc) is 2.90. The average molecular weight is 367 g/mol. The summed E-state index contributed by atoms with van der Waals surface area (Å²) in [6.45, 7) is 1.98. The lowest BCUT2D eigenvalue weighted by molar-refractivity contribution is 0.0529. The van der Waals surface area contributed by atoms with E-state index < -0.39 is 5.97 Å². The first kappa shape index (κ1) is 16.4. The highest BCUT2D eigenvalue weighted by atomic mass is 35.5. The Kier molecular flexibility index (Phi) is 3.97. The van der Waals surface area contributed by atoms with Gasteiger partial charge in [-0.2, -0.15) is 0 Å². The Labute approximate surface area is 154 Å². The zero-order valence-electron chi connectivity index (χ0n) is 13.9. The molecule has 0 saturated carbocycles. The molecular formula is C19H15ClN4O2. The van der Waals surface area contributed by atoms with Crippen molar-refractivity contribution in [1.29, 1.82) is 0 Å². The zero-order valence-corrected chi connectivity index (χ0v) is 14.7. The van der Waals surface area contributed by atoms with Crippen molar-refractivity contribution in [3.05, 3.63) is 59.1 Å². The number of rotatable bonds is 3. The molecule has 4 rings (SSSR count). The van der Waals surface area contributed by atoms with E-state index in [-0.39, 0.29) is 18.0 Å². The Bertz CT molecular complexity index is 1150. The van der Waals surface area contributed by atoms with Gasteiger partial charge in [-0.1, -0.05) is 29.8 Å². The van der Waals surface area contributed by atoms with Gasteiger partial charge in [0.15, 0.2) is 5.65 Å². The molecule has 0 fully saturated rings. The minimum absolute atomic E-state index is 0.208. The number of aromatic nitrogens is 3. The number of esters is 1. The number of nitrogen functional groups attached to an aromatic ring is 1. The van der Waals surface area contributed by atoms with E-state index in [1.807, 2.05) is 30.3 Å². The molecule has 0 aliphatic heterocycles. The Morgan fingerprint density at radius 3 is 2.58 bits per heavy atom. The summed E-state index contributed by atoms with van der Waals surface area (Å²) in [6.07, 6.45) is 0. The third-order valence-electron chi connectivity index (χ3n) is 4.04. The van der Waals surface area contributed by atoms with Gasteiger partial charge >= 0.3 is 5.97 Å². The second-order valence-electron chi connectivity index (χ2n) is 5.68. The lowest BCUT2D eigenvalue weighted by Crippen LogP contribution is -2.09. The minimum Gasteiger partial charge on any atom is -0.462 e. The van der Waals surface area contributed by atoms with Gasteiger partial charge in [-0.05, 0) is 37.3 Å². The predicted octanol–water partition coefficient (Wildman–Crippen LogP) is 3.99. The smallest absolute Gasteiger partial charge is 0.344 e. The number of carbonyl (C=O) groups excluding carboxylic acids is 1. The third-order valence-corrected chi connectivity index (χ3v) is 4.28. The highest BCUT2D eigenvalue weighted by Crippen LogP contribution is 2.32. The molecule has 4 aromatic rings. The fourth-order valence-corrected chi connectivity index (χ4v) is 3.13.